The molecule has 1 aliphatic carbocycles. The van der Waals surface area contributed by atoms with Crippen molar-refractivity contribution in [3.8, 4) is 0 Å². The van der Waals surface area contributed by atoms with Crippen LogP contribution >= 0.6 is 11.6 Å². The maximum Gasteiger partial charge on any atom is 0.323 e. The number of aliphatic carboxylic acids is 1. The maximum absolute atomic E-state index is 12.5. The molecule has 0 bridgehead atoms. The first kappa shape index (κ1) is 13.8. The first-order valence-electron chi connectivity index (χ1n) is 6.63. The summed E-state index contributed by atoms with van der Waals surface area (Å²) in [5, 5.41) is 10.4. The Labute approximate surface area is 126 Å². The number of amides is 1. The molecule has 3 rings (SSSR count). The minimum atomic E-state index is -1.01. The van der Waals surface area contributed by atoms with Crippen LogP contribution in [-0.2, 0) is 4.79 Å². The topological polar surface area (TPSA) is 70.5 Å². The van der Waals surface area contributed by atoms with E-state index < -0.39 is 5.97 Å². The van der Waals surface area contributed by atoms with Crippen LogP contribution < -0.4 is 0 Å². The monoisotopic (exact) mass is 304 g/mol. The number of carbonyl (C=O) groups excluding carboxylic acids is 1. The minimum Gasteiger partial charge on any atom is -0.480 e. The van der Waals surface area contributed by atoms with E-state index in [2.05, 4.69) is 4.98 Å². The van der Waals surface area contributed by atoms with Gasteiger partial charge in [0.1, 0.15) is 12.2 Å². The molecule has 5 nitrogen and oxygen atoms in total. The van der Waals surface area contributed by atoms with E-state index in [9.17, 15) is 9.59 Å². The van der Waals surface area contributed by atoms with Gasteiger partial charge < -0.3 is 10.0 Å². The predicted octanol–water partition coefficient (Wildman–Crippen LogP) is 2.58. The number of hydrogen-bond acceptors (Lipinski definition) is 3. The third kappa shape index (κ3) is 2.97. The van der Waals surface area contributed by atoms with Crippen LogP contribution in [0.15, 0.2) is 30.3 Å². The predicted molar refractivity (Wildman–Crippen MR) is 78.4 cm³/mol. The van der Waals surface area contributed by atoms with E-state index in [4.69, 9.17) is 16.7 Å². The first-order valence-corrected chi connectivity index (χ1v) is 7.01. The zero-order valence-corrected chi connectivity index (χ0v) is 11.9. The van der Waals surface area contributed by atoms with Crippen molar-refractivity contribution >= 4 is 34.4 Å². The molecule has 0 unspecified atom stereocenters. The lowest BCUT2D eigenvalue weighted by molar-refractivity contribution is -0.137. The highest BCUT2D eigenvalue weighted by Gasteiger charge is 2.34. The van der Waals surface area contributed by atoms with Gasteiger partial charge in [-0.05, 0) is 31.0 Å². The lowest BCUT2D eigenvalue weighted by atomic mass is 10.2. The van der Waals surface area contributed by atoms with Gasteiger partial charge in [-0.15, -0.1) is 0 Å². The summed E-state index contributed by atoms with van der Waals surface area (Å²) in [6, 6.07) is 8.70. The van der Waals surface area contributed by atoms with E-state index in [1.165, 1.54) is 4.90 Å². The SMILES string of the molecule is O=C(O)CN(C(=O)c1ccc2ccc(Cl)cc2n1)C1CC1. The molecule has 0 spiro atoms. The Hall–Kier alpha value is -2.14. The molecule has 0 radical (unpaired) electrons. The summed E-state index contributed by atoms with van der Waals surface area (Å²) in [7, 11) is 0. The number of halogens is 1. The molecule has 2 aromatic rings. The zero-order valence-electron chi connectivity index (χ0n) is 11.1. The second-order valence-corrected chi connectivity index (χ2v) is 5.53. The average Bonchev–Trinajstić information content (AvgIpc) is 3.27. The van der Waals surface area contributed by atoms with Crippen molar-refractivity contribution in [2.24, 2.45) is 0 Å². The molecule has 0 atom stereocenters. The van der Waals surface area contributed by atoms with Crippen LogP contribution in [0.3, 0.4) is 0 Å². The molecular weight excluding hydrogens is 292 g/mol. The largest absolute Gasteiger partial charge is 0.480 e. The molecule has 21 heavy (non-hydrogen) atoms. The van der Waals surface area contributed by atoms with Gasteiger partial charge in [0.25, 0.3) is 5.91 Å². The number of carbonyl (C=O) groups is 2. The summed E-state index contributed by atoms with van der Waals surface area (Å²) in [4.78, 5) is 29.0. The van der Waals surface area contributed by atoms with E-state index in [1.807, 2.05) is 6.07 Å². The molecule has 108 valence electrons. The van der Waals surface area contributed by atoms with Crippen LogP contribution in [0.5, 0.6) is 0 Å². The number of pyridine rings is 1. The maximum atomic E-state index is 12.5. The summed E-state index contributed by atoms with van der Waals surface area (Å²) < 4.78 is 0. The number of carboxylic acids is 1. The van der Waals surface area contributed by atoms with Crippen molar-refractivity contribution in [3.63, 3.8) is 0 Å². The third-order valence-corrected chi connectivity index (χ3v) is 3.66. The van der Waals surface area contributed by atoms with E-state index in [0.29, 0.717) is 10.5 Å². The normalized spacial score (nSPS) is 14.1. The lowest BCUT2D eigenvalue weighted by Gasteiger charge is -2.19. The second-order valence-electron chi connectivity index (χ2n) is 5.09. The van der Waals surface area contributed by atoms with Crippen molar-refractivity contribution in [2.75, 3.05) is 6.54 Å². The molecule has 1 aromatic carbocycles. The summed E-state index contributed by atoms with van der Waals surface area (Å²) in [6.45, 7) is -0.293. The number of rotatable bonds is 4. The molecule has 0 saturated heterocycles. The van der Waals surface area contributed by atoms with Crippen molar-refractivity contribution in [1.82, 2.24) is 9.88 Å². The highest BCUT2D eigenvalue weighted by atomic mass is 35.5. The third-order valence-electron chi connectivity index (χ3n) is 3.43. The molecule has 1 heterocycles. The number of fused-ring (bicyclic) bond motifs is 1. The molecule has 1 aliphatic rings. The smallest absolute Gasteiger partial charge is 0.323 e. The highest BCUT2D eigenvalue weighted by Crippen LogP contribution is 2.28. The molecule has 1 fully saturated rings. The Kier molecular flexibility index (Phi) is 3.51. The van der Waals surface area contributed by atoms with Gasteiger partial charge in [0, 0.05) is 16.5 Å². The zero-order chi connectivity index (χ0) is 15.0. The Balaban J connectivity index is 1.94. The Bertz CT molecular complexity index is 728. The van der Waals surface area contributed by atoms with Gasteiger partial charge in [-0.2, -0.15) is 0 Å². The van der Waals surface area contributed by atoms with E-state index in [0.717, 1.165) is 18.2 Å². The van der Waals surface area contributed by atoms with Gasteiger partial charge in [0.05, 0.1) is 5.52 Å². The van der Waals surface area contributed by atoms with Crippen LogP contribution in [0.4, 0.5) is 0 Å². The first-order chi connectivity index (χ1) is 10.0. The molecular formula is C15H13ClN2O3. The summed E-state index contributed by atoms with van der Waals surface area (Å²) in [5.74, 6) is -1.36. The van der Waals surface area contributed by atoms with Crippen molar-refractivity contribution < 1.29 is 14.7 Å². The average molecular weight is 305 g/mol. The Morgan fingerprint density at radius 2 is 2.00 bits per heavy atom. The number of nitrogens with zero attached hydrogens (tertiary/aromatic N) is 2. The van der Waals surface area contributed by atoms with Gasteiger partial charge >= 0.3 is 5.97 Å². The molecule has 6 heteroatoms. The Morgan fingerprint density at radius 3 is 2.67 bits per heavy atom. The molecule has 1 aromatic heterocycles. The minimum absolute atomic E-state index is 0.0189. The van der Waals surface area contributed by atoms with E-state index in [-0.39, 0.29) is 24.2 Å². The van der Waals surface area contributed by atoms with Crippen molar-refractivity contribution in [1.29, 1.82) is 0 Å². The van der Waals surface area contributed by atoms with Gasteiger partial charge in [-0.1, -0.05) is 23.7 Å². The number of aromatic nitrogens is 1. The number of hydrogen-bond donors (Lipinski definition) is 1. The summed E-state index contributed by atoms with van der Waals surface area (Å²) in [6.07, 6.45) is 1.69. The fourth-order valence-electron chi connectivity index (χ4n) is 2.26. The number of benzene rings is 1. The fraction of sp³-hybridized carbons (Fsp3) is 0.267. The van der Waals surface area contributed by atoms with Crippen LogP contribution in [-0.4, -0.2) is 39.5 Å². The number of carboxylic acid groups (broad SMARTS) is 1. The second kappa shape index (κ2) is 5.33. The van der Waals surface area contributed by atoms with Crippen molar-refractivity contribution in [3.05, 3.63) is 41.0 Å². The quantitative estimate of drug-likeness (QED) is 0.942. The van der Waals surface area contributed by atoms with Gasteiger partial charge in [-0.25, -0.2) is 4.98 Å². The van der Waals surface area contributed by atoms with Crippen LogP contribution in [0.25, 0.3) is 10.9 Å². The van der Waals surface area contributed by atoms with Crippen LogP contribution in [0, 0.1) is 0 Å². The fourth-order valence-corrected chi connectivity index (χ4v) is 2.42. The van der Waals surface area contributed by atoms with Crippen molar-refractivity contribution in [2.45, 2.75) is 18.9 Å². The molecule has 1 N–H and O–H groups in total. The van der Waals surface area contributed by atoms with E-state index in [1.54, 1.807) is 24.3 Å². The van der Waals surface area contributed by atoms with Gasteiger partial charge in [0.15, 0.2) is 0 Å². The standard InChI is InChI=1S/C15H13ClN2O3/c16-10-3-1-9-2-6-12(17-13(9)7-10)15(21)18(8-14(19)20)11-4-5-11/h1-3,6-7,11H,4-5,8H2,(H,19,20). The van der Waals surface area contributed by atoms with Gasteiger partial charge in [-0.3, -0.25) is 9.59 Å². The van der Waals surface area contributed by atoms with Crippen LogP contribution in [0.2, 0.25) is 5.02 Å². The van der Waals surface area contributed by atoms with Crippen LogP contribution in [0.1, 0.15) is 23.3 Å². The molecule has 1 saturated carbocycles. The summed E-state index contributed by atoms with van der Waals surface area (Å²) in [5.41, 5.74) is 0.873. The Morgan fingerprint density at radius 1 is 1.29 bits per heavy atom. The molecule has 0 aliphatic heterocycles. The van der Waals surface area contributed by atoms with E-state index >= 15 is 0 Å². The highest BCUT2D eigenvalue weighted by molar-refractivity contribution is 6.31. The summed E-state index contributed by atoms with van der Waals surface area (Å²) >= 11 is 5.93. The lowest BCUT2D eigenvalue weighted by Crippen LogP contribution is -2.37. The van der Waals surface area contributed by atoms with Gasteiger partial charge in [0.2, 0.25) is 0 Å². The molecule has 1 amide bonds.